The van der Waals surface area contributed by atoms with E-state index < -0.39 is 38.4 Å². The summed E-state index contributed by atoms with van der Waals surface area (Å²) in [4.78, 5) is 44.2. The molecule has 0 spiro atoms. The fraction of sp³-hybridized carbons (Fsp3) is 0.600. The Balaban J connectivity index is 5.42. The molecule has 0 radical (unpaired) electrons. The molecule has 9 heteroatoms. The summed E-state index contributed by atoms with van der Waals surface area (Å²) in [6.45, 7) is 5.58. The number of hydrogen-bond acceptors (Lipinski definition) is 8. The SMILES string of the molecule is CC(=O)OC(C)[Si](OC(C)=O)(OC(C)=O)OC(C)=O. The third-order valence-electron chi connectivity index (χ3n) is 1.70. The Kier molecular flexibility index (Phi) is 6.19. The van der Waals surface area contributed by atoms with Crippen LogP contribution in [-0.2, 0) is 37.2 Å². The van der Waals surface area contributed by atoms with E-state index in [9.17, 15) is 19.2 Å². The Bertz CT molecular complexity index is 350. The lowest BCUT2D eigenvalue weighted by Gasteiger charge is -2.29. The lowest BCUT2D eigenvalue weighted by atomic mass is 10.8. The van der Waals surface area contributed by atoms with E-state index in [0.717, 1.165) is 27.7 Å². The smallest absolute Gasteiger partial charge is 0.454 e. The van der Waals surface area contributed by atoms with Gasteiger partial charge < -0.3 is 18.0 Å². The van der Waals surface area contributed by atoms with Crippen molar-refractivity contribution in [1.29, 1.82) is 0 Å². The molecular weight excluding hydrogens is 276 g/mol. The summed E-state index contributed by atoms with van der Waals surface area (Å²) >= 11 is 0. The van der Waals surface area contributed by atoms with Gasteiger partial charge in [-0.2, -0.15) is 0 Å². The van der Waals surface area contributed by atoms with Crippen LogP contribution in [0.3, 0.4) is 0 Å². The van der Waals surface area contributed by atoms with Crippen molar-refractivity contribution in [2.45, 2.75) is 40.3 Å². The standard InChI is InChI=1S/C10H16O8Si/c1-6(11)15-10(5)19(16-7(2)12,17-8(3)13)18-9(4)14/h10H,1-5H3. The molecule has 0 aliphatic rings. The molecule has 8 nitrogen and oxygen atoms in total. The van der Waals surface area contributed by atoms with Crippen LogP contribution in [-0.4, -0.2) is 38.4 Å². The molecule has 0 bridgehead atoms. The monoisotopic (exact) mass is 292 g/mol. The van der Waals surface area contributed by atoms with E-state index in [1.54, 1.807) is 0 Å². The molecule has 0 saturated heterocycles. The van der Waals surface area contributed by atoms with E-state index in [0.29, 0.717) is 0 Å². The van der Waals surface area contributed by atoms with Crippen LogP contribution < -0.4 is 0 Å². The van der Waals surface area contributed by atoms with E-state index in [1.165, 1.54) is 6.92 Å². The van der Waals surface area contributed by atoms with Crippen LogP contribution in [0.15, 0.2) is 0 Å². The Morgan fingerprint density at radius 3 is 1.26 bits per heavy atom. The Labute approximate surface area is 111 Å². The molecule has 108 valence electrons. The summed E-state index contributed by atoms with van der Waals surface area (Å²) < 4.78 is 19.4. The average molecular weight is 292 g/mol. The molecule has 0 aliphatic carbocycles. The first-order chi connectivity index (χ1) is 8.59. The van der Waals surface area contributed by atoms with Crippen molar-refractivity contribution in [2.24, 2.45) is 0 Å². The van der Waals surface area contributed by atoms with Gasteiger partial charge >= 0.3 is 14.8 Å². The van der Waals surface area contributed by atoms with Gasteiger partial charge in [-0.3, -0.25) is 19.2 Å². The third kappa shape index (κ3) is 6.00. The van der Waals surface area contributed by atoms with Crippen molar-refractivity contribution in [3.63, 3.8) is 0 Å². The normalized spacial score (nSPS) is 12.1. The van der Waals surface area contributed by atoms with Crippen LogP contribution >= 0.6 is 0 Å². The van der Waals surface area contributed by atoms with Gasteiger partial charge in [0.15, 0.2) is 0 Å². The van der Waals surface area contributed by atoms with Crippen molar-refractivity contribution >= 4 is 32.7 Å². The highest BCUT2D eigenvalue weighted by atomic mass is 28.4. The van der Waals surface area contributed by atoms with E-state index in [1.807, 2.05) is 0 Å². The van der Waals surface area contributed by atoms with Crippen LogP contribution in [0.25, 0.3) is 0 Å². The second-order valence-electron chi connectivity index (χ2n) is 3.64. The molecule has 0 aromatic rings. The highest BCUT2D eigenvalue weighted by molar-refractivity contribution is 6.67. The molecule has 0 N–H and O–H groups in total. The van der Waals surface area contributed by atoms with Crippen molar-refractivity contribution in [3.05, 3.63) is 0 Å². The first-order valence-corrected chi connectivity index (χ1v) is 7.15. The number of rotatable bonds is 5. The molecule has 0 aromatic carbocycles. The highest BCUT2D eigenvalue weighted by Gasteiger charge is 2.60. The van der Waals surface area contributed by atoms with Gasteiger partial charge in [0.2, 0.25) is 5.73 Å². The maximum atomic E-state index is 11.1. The lowest BCUT2D eigenvalue weighted by Crippen LogP contribution is -2.59. The van der Waals surface area contributed by atoms with Gasteiger partial charge in [0.05, 0.1) is 0 Å². The molecule has 0 amide bonds. The molecule has 0 heterocycles. The summed E-state index contributed by atoms with van der Waals surface area (Å²) in [6.07, 6.45) is 0. The Morgan fingerprint density at radius 1 is 0.737 bits per heavy atom. The summed E-state index contributed by atoms with van der Waals surface area (Å²) in [6, 6.07) is 0. The predicted molar refractivity (Wildman–Crippen MR) is 62.3 cm³/mol. The Hall–Kier alpha value is -1.90. The first-order valence-electron chi connectivity index (χ1n) is 5.35. The zero-order valence-corrected chi connectivity index (χ0v) is 12.3. The van der Waals surface area contributed by atoms with Gasteiger partial charge in [0, 0.05) is 27.7 Å². The van der Waals surface area contributed by atoms with E-state index in [-0.39, 0.29) is 0 Å². The van der Waals surface area contributed by atoms with Crippen molar-refractivity contribution in [1.82, 2.24) is 0 Å². The molecule has 0 saturated carbocycles. The number of carbonyl (C=O) groups excluding carboxylic acids is 4. The minimum absolute atomic E-state index is 0.698. The largest absolute Gasteiger partial charge is 0.748 e. The minimum atomic E-state index is -4.14. The lowest BCUT2D eigenvalue weighted by molar-refractivity contribution is -0.157. The molecule has 19 heavy (non-hydrogen) atoms. The second-order valence-corrected chi connectivity index (χ2v) is 6.27. The predicted octanol–water partition coefficient (Wildman–Crippen LogP) is 0.105. The van der Waals surface area contributed by atoms with Gasteiger partial charge in [0.1, 0.15) is 0 Å². The molecule has 0 aliphatic heterocycles. The van der Waals surface area contributed by atoms with Crippen LogP contribution in [0.4, 0.5) is 0 Å². The van der Waals surface area contributed by atoms with Crippen LogP contribution in [0, 0.1) is 0 Å². The van der Waals surface area contributed by atoms with Crippen molar-refractivity contribution in [3.8, 4) is 0 Å². The molecular formula is C10H16O8Si. The molecule has 0 aromatic heterocycles. The van der Waals surface area contributed by atoms with Gasteiger partial charge in [-0.15, -0.1) is 0 Å². The number of ether oxygens (including phenoxy) is 1. The quantitative estimate of drug-likeness (QED) is 0.519. The maximum Gasteiger partial charge on any atom is 0.748 e. The van der Waals surface area contributed by atoms with Gasteiger partial charge in [-0.05, 0) is 6.92 Å². The number of carbonyl (C=O) groups is 4. The third-order valence-corrected chi connectivity index (χ3v) is 4.53. The van der Waals surface area contributed by atoms with Crippen LogP contribution in [0.1, 0.15) is 34.6 Å². The van der Waals surface area contributed by atoms with Crippen molar-refractivity contribution in [2.75, 3.05) is 0 Å². The van der Waals surface area contributed by atoms with Gasteiger partial charge in [-0.25, -0.2) is 0 Å². The highest BCUT2D eigenvalue weighted by Crippen LogP contribution is 2.19. The van der Waals surface area contributed by atoms with E-state index >= 15 is 0 Å². The average Bonchev–Trinajstić information content (AvgIpc) is 2.12. The topological polar surface area (TPSA) is 105 Å². The minimum Gasteiger partial charge on any atom is -0.454 e. The first kappa shape index (κ1) is 17.1. The van der Waals surface area contributed by atoms with Gasteiger partial charge in [-0.1, -0.05) is 0 Å². The molecule has 0 rings (SSSR count). The number of esters is 1. The summed E-state index contributed by atoms with van der Waals surface area (Å²) in [7, 11) is -4.14. The maximum absolute atomic E-state index is 11.1. The van der Waals surface area contributed by atoms with E-state index in [2.05, 4.69) is 0 Å². The van der Waals surface area contributed by atoms with E-state index in [4.69, 9.17) is 18.0 Å². The number of hydrogen-bond donors (Lipinski definition) is 0. The molecule has 0 fully saturated rings. The van der Waals surface area contributed by atoms with Gasteiger partial charge in [0.25, 0.3) is 17.9 Å². The molecule has 1 atom stereocenters. The summed E-state index contributed by atoms with van der Waals surface area (Å²) in [5, 5.41) is 0. The van der Waals surface area contributed by atoms with Crippen LogP contribution in [0.2, 0.25) is 0 Å². The zero-order valence-electron chi connectivity index (χ0n) is 11.3. The Morgan fingerprint density at radius 2 is 1.05 bits per heavy atom. The molecule has 1 unspecified atom stereocenters. The second kappa shape index (κ2) is 6.88. The van der Waals surface area contributed by atoms with Crippen LogP contribution in [0.5, 0.6) is 0 Å². The fourth-order valence-electron chi connectivity index (χ4n) is 1.23. The zero-order chi connectivity index (χ0) is 15.2. The fourth-order valence-corrected chi connectivity index (χ4v) is 3.37. The summed E-state index contributed by atoms with van der Waals surface area (Å²) in [5.74, 6) is -3.18. The summed E-state index contributed by atoms with van der Waals surface area (Å²) in [5.41, 5.74) is -1.19. The van der Waals surface area contributed by atoms with Crippen molar-refractivity contribution < 1.29 is 37.2 Å².